The van der Waals surface area contributed by atoms with Crippen molar-refractivity contribution in [3.05, 3.63) is 24.0 Å². The number of anilines is 2. The summed E-state index contributed by atoms with van der Waals surface area (Å²) < 4.78 is 18.3. The summed E-state index contributed by atoms with van der Waals surface area (Å²) in [5.74, 6) is -0.592. The molecule has 1 rings (SSSR count). The Bertz CT molecular complexity index is 421. The SMILES string of the molecule is COC(=O)C(CC(C)C)Nc1ccc(N)cc1F. The Morgan fingerprint density at radius 3 is 2.67 bits per heavy atom. The van der Waals surface area contributed by atoms with Gasteiger partial charge in [-0.05, 0) is 30.5 Å². The summed E-state index contributed by atoms with van der Waals surface area (Å²) in [5.41, 5.74) is 6.06. The molecule has 1 aromatic rings. The first-order valence-corrected chi connectivity index (χ1v) is 5.83. The highest BCUT2D eigenvalue weighted by Crippen LogP contribution is 2.20. The van der Waals surface area contributed by atoms with Gasteiger partial charge in [-0.15, -0.1) is 0 Å². The number of rotatable bonds is 5. The number of nitrogen functional groups attached to an aromatic ring is 1. The Labute approximate surface area is 106 Å². The average Bonchev–Trinajstić information content (AvgIpc) is 2.30. The van der Waals surface area contributed by atoms with Crippen LogP contribution in [0.4, 0.5) is 15.8 Å². The molecule has 0 saturated carbocycles. The molecule has 0 aliphatic rings. The fourth-order valence-corrected chi connectivity index (χ4v) is 1.66. The van der Waals surface area contributed by atoms with E-state index < -0.39 is 17.8 Å². The van der Waals surface area contributed by atoms with Crippen LogP contribution < -0.4 is 11.1 Å². The third kappa shape index (κ3) is 3.91. The topological polar surface area (TPSA) is 64.3 Å². The first-order valence-electron chi connectivity index (χ1n) is 5.83. The highest BCUT2D eigenvalue weighted by Gasteiger charge is 2.21. The zero-order chi connectivity index (χ0) is 13.7. The average molecular weight is 254 g/mol. The molecule has 1 aromatic carbocycles. The van der Waals surface area contributed by atoms with E-state index in [0.717, 1.165) is 0 Å². The monoisotopic (exact) mass is 254 g/mol. The van der Waals surface area contributed by atoms with Gasteiger partial charge in [0, 0.05) is 5.69 Å². The van der Waals surface area contributed by atoms with E-state index in [1.807, 2.05) is 13.8 Å². The van der Waals surface area contributed by atoms with Crippen molar-refractivity contribution in [2.75, 3.05) is 18.2 Å². The van der Waals surface area contributed by atoms with Gasteiger partial charge in [0.25, 0.3) is 0 Å². The van der Waals surface area contributed by atoms with Crippen LogP contribution in [0.3, 0.4) is 0 Å². The number of hydrogen-bond donors (Lipinski definition) is 2. The van der Waals surface area contributed by atoms with Gasteiger partial charge in [0.05, 0.1) is 12.8 Å². The second kappa shape index (κ2) is 6.23. The number of ether oxygens (including phenoxy) is 1. The lowest BCUT2D eigenvalue weighted by atomic mass is 10.0. The maximum absolute atomic E-state index is 13.6. The van der Waals surface area contributed by atoms with Crippen molar-refractivity contribution in [1.29, 1.82) is 0 Å². The minimum atomic E-state index is -0.562. The summed E-state index contributed by atoms with van der Waals surface area (Å²) in [5, 5.41) is 2.85. The number of carbonyl (C=O) groups is 1. The van der Waals surface area contributed by atoms with Crippen LogP contribution in [0.1, 0.15) is 20.3 Å². The number of nitrogens with one attached hydrogen (secondary N) is 1. The van der Waals surface area contributed by atoms with Crippen LogP contribution in [0.15, 0.2) is 18.2 Å². The molecule has 100 valence electrons. The van der Waals surface area contributed by atoms with Gasteiger partial charge in [-0.3, -0.25) is 0 Å². The normalized spacial score (nSPS) is 12.3. The van der Waals surface area contributed by atoms with E-state index in [9.17, 15) is 9.18 Å². The van der Waals surface area contributed by atoms with Crippen LogP contribution in [-0.2, 0) is 9.53 Å². The molecular formula is C13H19FN2O2. The predicted octanol–water partition coefficient (Wildman–Crippen LogP) is 2.41. The maximum atomic E-state index is 13.6. The number of benzene rings is 1. The molecule has 5 heteroatoms. The molecule has 0 aliphatic carbocycles. The van der Waals surface area contributed by atoms with Gasteiger partial charge >= 0.3 is 5.97 Å². The first-order chi connectivity index (χ1) is 8.43. The number of halogens is 1. The number of nitrogens with two attached hydrogens (primary N) is 1. The van der Waals surface area contributed by atoms with Gasteiger partial charge in [-0.1, -0.05) is 13.8 Å². The molecule has 0 fully saturated rings. The van der Waals surface area contributed by atoms with Crippen LogP contribution in [0.2, 0.25) is 0 Å². The van der Waals surface area contributed by atoms with Gasteiger partial charge in [0.15, 0.2) is 0 Å². The van der Waals surface area contributed by atoms with Gasteiger partial charge in [-0.2, -0.15) is 0 Å². The molecule has 4 nitrogen and oxygen atoms in total. The molecule has 0 heterocycles. The molecular weight excluding hydrogens is 235 g/mol. The largest absolute Gasteiger partial charge is 0.467 e. The molecule has 3 N–H and O–H groups in total. The fraction of sp³-hybridized carbons (Fsp3) is 0.462. The van der Waals surface area contributed by atoms with Crippen LogP contribution in [0, 0.1) is 11.7 Å². The third-order valence-corrected chi connectivity index (χ3v) is 2.52. The maximum Gasteiger partial charge on any atom is 0.328 e. The molecule has 1 unspecified atom stereocenters. The number of methoxy groups -OCH3 is 1. The number of hydrogen-bond acceptors (Lipinski definition) is 4. The van der Waals surface area contributed by atoms with Gasteiger partial charge < -0.3 is 15.8 Å². The van der Waals surface area contributed by atoms with Crippen LogP contribution in [0.25, 0.3) is 0 Å². The van der Waals surface area contributed by atoms with Crippen molar-refractivity contribution in [2.24, 2.45) is 5.92 Å². The van der Waals surface area contributed by atoms with E-state index in [1.54, 1.807) is 6.07 Å². The standard InChI is InChI=1S/C13H19FN2O2/c1-8(2)6-12(13(17)18-3)16-11-5-4-9(15)7-10(11)14/h4-5,7-8,12,16H,6,15H2,1-3H3. The Hall–Kier alpha value is -1.78. The number of carbonyl (C=O) groups excluding carboxylic acids is 1. The predicted molar refractivity (Wildman–Crippen MR) is 69.7 cm³/mol. The lowest BCUT2D eigenvalue weighted by Crippen LogP contribution is -2.32. The second-order valence-corrected chi connectivity index (χ2v) is 4.59. The third-order valence-electron chi connectivity index (χ3n) is 2.52. The summed E-state index contributed by atoms with van der Waals surface area (Å²) in [6.45, 7) is 3.97. The Morgan fingerprint density at radius 1 is 1.50 bits per heavy atom. The van der Waals surface area contributed by atoms with E-state index in [-0.39, 0.29) is 5.69 Å². The van der Waals surface area contributed by atoms with E-state index in [4.69, 9.17) is 10.5 Å². The van der Waals surface area contributed by atoms with E-state index in [2.05, 4.69) is 5.32 Å². The molecule has 0 bridgehead atoms. The highest BCUT2D eigenvalue weighted by atomic mass is 19.1. The van der Waals surface area contributed by atoms with E-state index >= 15 is 0 Å². The lowest BCUT2D eigenvalue weighted by molar-refractivity contribution is -0.141. The van der Waals surface area contributed by atoms with Crippen molar-refractivity contribution < 1.29 is 13.9 Å². The summed E-state index contributed by atoms with van der Waals surface area (Å²) in [4.78, 5) is 11.6. The van der Waals surface area contributed by atoms with Crippen molar-refractivity contribution in [2.45, 2.75) is 26.3 Å². The highest BCUT2D eigenvalue weighted by molar-refractivity contribution is 5.79. The lowest BCUT2D eigenvalue weighted by Gasteiger charge is -2.19. The summed E-state index contributed by atoms with van der Waals surface area (Å²) in [6, 6.07) is 3.75. The van der Waals surface area contributed by atoms with E-state index in [0.29, 0.717) is 18.0 Å². The minimum absolute atomic E-state index is 0.250. The Morgan fingerprint density at radius 2 is 2.17 bits per heavy atom. The number of esters is 1. The Balaban J connectivity index is 2.85. The molecule has 0 radical (unpaired) electrons. The summed E-state index contributed by atoms with van der Waals surface area (Å²) >= 11 is 0. The molecule has 0 spiro atoms. The van der Waals surface area contributed by atoms with Gasteiger partial charge in [-0.25, -0.2) is 9.18 Å². The fourth-order valence-electron chi connectivity index (χ4n) is 1.66. The molecule has 0 aromatic heterocycles. The van der Waals surface area contributed by atoms with Crippen molar-refractivity contribution in [1.82, 2.24) is 0 Å². The van der Waals surface area contributed by atoms with Crippen molar-refractivity contribution in [3.63, 3.8) is 0 Å². The quantitative estimate of drug-likeness (QED) is 0.625. The zero-order valence-electron chi connectivity index (χ0n) is 10.9. The first kappa shape index (κ1) is 14.3. The minimum Gasteiger partial charge on any atom is -0.467 e. The van der Waals surface area contributed by atoms with Crippen molar-refractivity contribution in [3.8, 4) is 0 Å². The summed E-state index contributed by atoms with van der Waals surface area (Å²) in [7, 11) is 1.32. The molecule has 1 atom stereocenters. The van der Waals surface area contributed by atoms with Crippen LogP contribution >= 0.6 is 0 Å². The van der Waals surface area contributed by atoms with Crippen molar-refractivity contribution >= 4 is 17.3 Å². The molecule has 0 amide bonds. The molecule has 0 saturated heterocycles. The molecule has 0 aliphatic heterocycles. The van der Waals surface area contributed by atoms with Gasteiger partial charge in [0.2, 0.25) is 0 Å². The summed E-state index contributed by atoms with van der Waals surface area (Å²) in [6.07, 6.45) is 0.566. The smallest absolute Gasteiger partial charge is 0.328 e. The molecule has 18 heavy (non-hydrogen) atoms. The van der Waals surface area contributed by atoms with E-state index in [1.165, 1.54) is 19.2 Å². The van der Waals surface area contributed by atoms with Crippen LogP contribution in [-0.4, -0.2) is 19.1 Å². The van der Waals surface area contributed by atoms with Crippen LogP contribution in [0.5, 0.6) is 0 Å². The second-order valence-electron chi connectivity index (χ2n) is 4.59. The van der Waals surface area contributed by atoms with Gasteiger partial charge in [0.1, 0.15) is 11.9 Å². The zero-order valence-corrected chi connectivity index (χ0v) is 10.9. The Kier molecular flexibility index (Phi) is 4.95.